The van der Waals surface area contributed by atoms with Crippen molar-refractivity contribution in [3.05, 3.63) is 94.0 Å². The third-order valence-corrected chi connectivity index (χ3v) is 6.97. The minimum absolute atomic E-state index is 0.144. The predicted octanol–water partition coefficient (Wildman–Crippen LogP) is 3.32. The van der Waals surface area contributed by atoms with Crippen LogP contribution in [-0.2, 0) is 11.2 Å². The van der Waals surface area contributed by atoms with Crippen molar-refractivity contribution < 1.29 is 29.6 Å². The van der Waals surface area contributed by atoms with Gasteiger partial charge in [0.05, 0.1) is 6.61 Å². The number of carbonyl (C=O) groups is 1. The molecule has 1 unspecified atom stereocenters. The number of amides is 1. The number of ether oxygens (including phenoxy) is 2. The zero-order valence-corrected chi connectivity index (χ0v) is 22.1. The molecule has 1 aliphatic heterocycles. The zero-order valence-electron chi connectivity index (χ0n) is 21.3. The maximum atomic E-state index is 11.9. The van der Waals surface area contributed by atoms with Crippen molar-refractivity contribution >= 4 is 23.2 Å². The molecule has 202 valence electrons. The molecule has 1 fully saturated rings. The molecule has 5 atom stereocenters. The fourth-order valence-electron chi connectivity index (χ4n) is 4.53. The Morgan fingerprint density at radius 1 is 1.00 bits per heavy atom. The Labute approximate surface area is 227 Å². The van der Waals surface area contributed by atoms with E-state index in [2.05, 4.69) is 10.6 Å². The van der Waals surface area contributed by atoms with Crippen LogP contribution in [0.1, 0.15) is 40.1 Å². The summed E-state index contributed by atoms with van der Waals surface area (Å²) < 4.78 is 11.6. The highest BCUT2D eigenvalue weighted by Crippen LogP contribution is 2.35. The molecule has 1 heterocycles. The van der Waals surface area contributed by atoms with Crippen LogP contribution in [0.2, 0.25) is 5.02 Å². The second kappa shape index (κ2) is 12.6. The smallest absolute Gasteiger partial charge is 0.251 e. The number of hydrogen-bond acceptors (Lipinski definition) is 7. The first-order valence-electron chi connectivity index (χ1n) is 12.6. The van der Waals surface area contributed by atoms with Crippen LogP contribution in [0.5, 0.6) is 5.75 Å². The summed E-state index contributed by atoms with van der Waals surface area (Å²) in [7, 11) is 1.56. The van der Waals surface area contributed by atoms with Gasteiger partial charge >= 0.3 is 0 Å². The number of rotatable bonds is 9. The summed E-state index contributed by atoms with van der Waals surface area (Å²) in [5.41, 5.74) is 3.65. The van der Waals surface area contributed by atoms with Crippen LogP contribution in [0, 0.1) is 0 Å². The van der Waals surface area contributed by atoms with Crippen LogP contribution < -0.4 is 15.4 Å². The molecule has 5 N–H and O–H groups in total. The number of benzene rings is 3. The fraction of sp³-hybridized carbons (Fsp3) is 0.345. The Balaban J connectivity index is 1.49. The van der Waals surface area contributed by atoms with E-state index < -0.39 is 30.5 Å². The van der Waals surface area contributed by atoms with Crippen LogP contribution in [0.3, 0.4) is 0 Å². The van der Waals surface area contributed by atoms with Crippen LogP contribution in [-0.4, -0.2) is 65.8 Å². The predicted molar refractivity (Wildman–Crippen MR) is 146 cm³/mol. The van der Waals surface area contributed by atoms with Gasteiger partial charge in [-0.3, -0.25) is 4.79 Å². The van der Waals surface area contributed by atoms with Gasteiger partial charge in [-0.05, 0) is 66.4 Å². The van der Waals surface area contributed by atoms with Crippen molar-refractivity contribution in [3.63, 3.8) is 0 Å². The van der Waals surface area contributed by atoms with Crippen molar-refractivity contribution in [3.8, 4) is 5.75 Å². The van der Waals surface area contributed by atoms with Gasteiger partial charge in [-0.2, -0.15) is 0 Å². The third-order valence-electron chi connectivity index (χ3n) is 6.60. The quantitative estimate of drug-likeness (QED) is 0.282. The molecule has 0 aromatic heterocycles. The Hall–Kier alpha value is -3.14. The van der Waals surface area contributed by atoms with Crippen molar-refractivity contribution in [1.29, 1.82) is 0 Å². The lowest BCUT2D eigenvalue weighted by Gasteiger charge is -2.41. The van der Waals surface area contributed by atoms with E-state index in [1.807, 2.05) is 37.3 Å². The number of anilines is 1. The molecule has 3 aromatic rings. The highest BCUT2D eigenvalue weighted by Gasteiger charge is 2.44. The van der Waals surface area contributed by atoms with Crippen molar-refractivity contribution in [2.24, 2.45) is 0 Å². The highest BCUT2D eigenvalue weighted by atomic mass is 35.5. The van der Waals surface area contributed by atoms with Crippen LogP contribution in [0.4, 0.5) is 5.69 Å². The molecule has 8 nitrogen and oxygen atoms in total. The number of aliphatic hydroxyl groups excluding tert-OH is 3. The minimum Gasteiger partial charge on any atom is -0.494 e. The van der Waals surface area contributed by atoms with Gasteiger partial charge in [0.1, 0.15) is 36.3 Å². The van der Waals surface area contributed by atoms with E-state index in [9.17, 15) is 20.1 Å². The average Bonchev–Trinajstić information content (AvgIpc) is 2.93. The molecule has 0 spiro atoms. The van der Waals surface area contributed by atoms with Crippen molar-refractivity contribution in [2.45, 2.75) is 43.9 Å². The van der Waals surface area contributed by atoms with Gasteiger partial charge in [-0.1, -0.05) is 41.9 Å². The first-order valence-corrected chi connectivity index (χ1v) is 12.9. The van der Waals surface area contributed by atoms with E-state index in [1.165, 1.54) is 0 Å². The second-order valence-corrected chi connectivity index (χ2v) is 9.62. The van der Waals surface area contributed by atoms with Crippen LogP contribution in [0.15, 0.2) is 66.7 Å². The third kappa shape index (κ3) is 6.46. The lowest BCUT2D eigenvalue weighted by Crippen LogP contribution is -2.56. The SMILES string of the molecule is CCOc1ccc(Cc2cc([C@@H]3O[C@H](CNc4cccc(C(=O)NC)c4)[C@@H](O)C(O)[C@H]3O)ccc2Cl)cc1. The number of halogens is 1. The van der Waals surface area contributed by atoms with Gasteiger partial charge in [-0.15, -0.1) is 0 Å². The monoisotopic (exact) mass is 540 g/mol. The summed E-state index contributed by atoms with van der Waals surface area (Å²) >= 11 is 6.49. The Kier molecular flexibility index (Phi) is 9.25. The number of hydrogen-bond donors (Lipinski definition) is 5. The Bertz CT molecular complexity index is 1240. The fourth-order valence-corrected chi connectivity index (χ4v) is 4.71. The summed E-state index contributed by atoms with van der Waals surface area (Å²) in [5, 5.41) is 38.3. The first kappa shape index (κ1) is 27.9. The molecule has 1 amide bonds. The van der Waals surface area contributed by atoms with Gasteiger partial charge in [0, 0.05) is 29.9 Å². The molecule has 38 heavy (non-hydrogen) atoms. The molecule has 3 aromatic carbocycles. The van der Waals surface area contributed by atoms with E-state index in [-0.39, 0.29) is 12.5 Å². The van der Waals surface area contributed by atoms with Gasteiger partial charge < -0.3 is 35.4 Å². The number of carbonyl (C=O) groups excluding carboxylic acids is 1. The van der Waals surface area contributed by atoms with Gasteiger partial charge in [0.2, 0.25) is 0 Å². The maximum absolute atomic E-state index is 11.9. The lowest BCUT2D eigenvalue weighted by molar-refractivity contribution is -0.220. The van der Waals surface area contributed by atoms with Crippen LogP contribution in [0.25, 0.3) is 0 Å². The highest BCUT2D eigenvalue weighted by molar-refractivity contribution is 6.31. The molecule has 9 heteroatoms. The molecule has 1 saturated heterocycles. The zero-order chi connectivity index (χ0) is 27.2. The second-order valence-electron chi connectivity index (χ2n) is 9.21. The summed E-state index contributed by atoms with van der Waals surface area (Å²) in [6.45, 7) is 2.67. The van der Waals surface area contributed by atoms with E-state index in [4.69, 9.17) is 21.1 Å². The number of nitrogens with one attached hydrogen (secondary N) is 2. The topological polar surface area (TPSA) is 120 Å². The van der Waals surface area contributed by atoms with Crippen LogP contribution >= 0.6 is 11.6 Å². The standard InChI is InChI=1S/C29H33ClN2O6/c1-3-37-22-10-7-17(8-11-22)13-20-14-18(9-12-23(20)30)28-27(35)26(34)25(33)24(38-28)16-32-21-6-4-5-19(15-21)29(36)31-2/h4-12,14-15,24-28,32-35H,3,13,16H2,1-2H3,(H,31,36)/t24-,25-,26?,27-,28+/m1/s1. The molecule has 1 aliphatic rings. The number of aliphatic hydroxyl groups is 3. The van der Waals surface area contributed by atoms with Gasteiger partial charge in [0.15, 0.2) is 0 Å². The van der Waals surface area contributed by atoms with E-state index in [0.717, 1.165) is 16.9 Å². The molecule has 0 aliphatic carbocycles. The molecule has 4 rings (SSSR count). The molecular formula is C29H33ClN2O6. The van der Waals surface area contributed by atoms with Crippen molar-refractivity contribution in [2.75, 3.05) is 25.5 Å². The minimum atomic E-state index is -1.41. The largest absolute Gasteiger partial charge is 0.494 e. The van der Waals surface area contributed by atoms with E-state index in [1.54, 1.807) is 43.4 Å². The van der Waals surface area contributed by atoms with Gasteiger partial charge in [0.25, 0.3) is 5.91 Å². The summed E-state index contributed by atoms with van der Waals surface area (Å²) in [5.74, 6) is 0.576. The Morgan fingerprint density at radius 2 is 1.76 bits per heavy atom. The summed E-state index contributed by atoms with van der Waals surface area (Å²) in [6.07, 6.45) is -5.22. The first-order chi connectivity index (χ1) is 18.3. The van der Waals surface area contributed by atoms with E-state index >= 15 is 0 Å². The summed E-state index contributed by atoms with van der Waals surface area (Å²) in [6, 6.07) is 20.0. The molecular weight excluding hydrogens is 508 g/mol. The average molecular weight is 541 g/mol. The van der Waals surface area contributed by atoms with E-state index in [0.29, 0.717) is 34.9 Å². The normalized spacial score (nSPS) is 23.1. The summed E-state index contributed by atoms with van der Waals surface area (Å²) in [4.78, 5) is 11.9. The molecule has 0 bridgehead atoms. The van der Waals surface area contributed by atoms with Gasteiger partial charge in [-0.25, -0.2) is 0 Å². The Morgan fingerprint density at radius 3 is 2.47 bits per heavy atom. The van der Waals surface area contributed by atoms with Crippen molar-refractivity contribution in [1.82, 2.24) is 5.32 Å². The molecule has 0 saturated carbocycles. The molecule has 0 radical (unpaired) electrons. The lowest BCUT2D eigenvalue weighted by atomic mass is 9.90. The maximum Gasteiger partial charge on any atom is 0.251 e.